The Hall–Kier alpha value is -0.610. The predicted octanol–water partition coefficient (Wildman–Crippen LogP) is 2.08. The van der Waals surface area contributed by atoms with Crippen molar-refractivity contribution in [3.63, 3.8) is 0 Å². The van der Waals surface area contributed by atoms with Crippen LogP contribution in [0.3, 0.4) is 0 Å². The van der Waals surface area contributed by atoms with Crippen molar-refractivity contribution in [1.29, 1.82) is 0 Å². The van der Waals surface area contributed by atoms with Gasteiger partial charge in [0, 0.05) is 10.7 Å². The van der Waals surface area contributed by atoms with Crippen LogP contribution in [0.5, 0.6) is 0 Å². The van der Waals surface area contributed by atoms with Crippen molar-refractivity contribution >= 4 is 19.7 Å². The first kappa shape index (κ1) is 9.48. The van der Waals surface area contributed by atoms with Gasteiger partial charge in [-0.15, -0.1) is 0 Å². The van der Waals surface area contributed by atoms with E-state index >= 15 is 0 Å². The van der Waals surface area contributed by atoms with Gasteiger partial charge in [0.25, 0.3) is 9.05 Å². The second kappa shape index (κ2) is 3.41. The summed E-state index contributed by atoms with van der Waals surface area (Å²) in [7, 11) is 1.35. The lowest BCUT2D eigenvalue weighted by atomic mass is 10.2. The third kappa shape index (κ3) is 2.19. The van der Waals surface area contributed by atoms with Gasteiger partial charge in [0.2, 0.25) is 0 Å². The molecular weight excluding hydrogens is 203 g/mol. The molecule has 1 aromatic rings. The summed E-state index contributed by atoms with van der Waals surface area (Å²) in [4.78, 5) is -0.0126. The topological polar surface area (TPSA) is 34.1 Å². The molecule has 2 nitrogen and oxygen atoms in total. The number of rotatable bonds is 2. The first-order chi connectivity index (χ1) is 5.54. The zero-order chi connectivity index (χ0) is 9.19. The van der Waals surface area contributed by atoms with Crippen LogP contribution < -0.4 is 0 Å². The summed E-state index contributed by atoms with van der Waals surface area (Å²) < 4.78 is 33.4. The Morgan fingerprint density at radius 1 is 1.25 bits per heavy atom. The van der Waals surface area contributed by atoms with Gasteiger partial charge in [-0.25, -0.2) is 12.8 Å². The normalized spacial score (nSPS) is 11.5. The number of hydrogen-bond acceptors (Lipinski definition) is 2. The molecule has 0 unspecified atom stereocenters. The molecule has 0 bridgehead atoms. The van der Waals surface area contributed by atoms with Gasteiger partial charge in [-0.05, 0) is 17.7 Å². The van der Waals surface area contributed by atoms with E-state index in [4.69, 9.17) is 10.7 Å². The van der Waals surface area contributed by atoms with E-state index in [-0.39, 0.29) is 4.90 Å². The molecule has 66 valence electrons. The summed E-state index contributed by atoms with van der Waals surface area (Å²) in [5.74, 6) is 0. The van der Waals surface area contributed by atoms with Crippen molar-refractivity contribution in [3.8, 4) is 0 Å². The summed E-state index contributed by atoms with van der Waals surface area (Å²) in [6.07, 6.45) is 0. The lowest BCUT2D eigenvalue weighted by Crippen LogP contribution is -1.90. The molecule has 1 aromatic carbocycles. The molecule has 0 saturated heterocycles. The van der Waals surface area contributed by atoms with Crippen molar-refractivity contribution in [1.82, 2.24) is 0 Å². The zero-order valence-electron chi connectivity index (χ0n) is 6.00. The molecule has 0 aromatic heterocycles. The molecule has 0 atom stereocenters. The molecule has 5 heteroatoms. The number of alkyl halides is 1. The molecule has 0 fully saturated rings. The van der Waals surface area contributed by atoms with Gasteiger partial charge in [0.1, 0.15) is 6.67 Å². The van der Waals surface area contributed by atoms with Crippen molar-refractivity contribution in [2.75, 3.05) is 0 Å². The van der Waals surface area contributed by atoms with Gasteiger partial charge in [0.05, 0.1) is 4.90 Å². The lowest BCUT2D eigenvalue weighted by molar-refractivity contribution is 0.485. The van der Waals surface area contributed by atoms with Crippen LogP contribution in [0.1, 0.15) is 5.56 Å². The van der Waals surface area contributed by atoms with Gasteiger partial charge in [-0.3, -0.25) is 0 Å². The molecule has 0 aliphatic rings. The van der Waals surface area contributed by atoms with Gasteiger partial charge in [-0.1, -0.05) is 12.1 Å². The van der Waals surface area contributed by atoms with Gasteiger partial charge in [-0.2, -0.15) is 0 Å². The third-order valence-electron chi connectivity index (χ3n) is 1.36. The van der Waals surface area contributed by atoms with Crippen molar-refractivity contribution < 1.29 is 12.8 Å². The van der Waals surface area contributed by atoms with E-state index in [2.05, 4.69) is 0 Å². The summed E-state index contributed by atoms with van der Waals surface area (Å²) in [5, 5.41) is 0. The molecule has 0 radical (unpaired) electrons. The molecule has 0 N–H and O–H groups in total. The highest BCUT2D eigenvalue weighted by Crippen LogP contribution is 2.15. The van der Waals surface area contributed by atoms with E-state index in [0.717, 1.165) is 0 Å². The molecule has 0 saturated carbocycles. The van der Waals surface area contributed by atoms with Crippen LogP contribution in [0.15, 0.2) is 29.2 Å². The monoisotopic (exact) mass is 208 g/mol. The van der Waals surface area contributed by atoms with Crippen LogP contribution in [-0.2, 0) is 15.7 Å². The first-order valence-electron chi connectivity index (χ1n) is 3.13. The molecule has 0 amide bonds. The fourth-order valence-electron chi connectivity index (χ4n) is 0.741. The quantitative estimate of drug-likeness (QED) is 0.698. The highest BCUT2D eigenvalue weighted by atomic mass is 35.7. The molecule has 0 spiro atoms. The van der Waals surface area contributed by atoms with E-state index < -0.39 is 15.7 Å². The highest BCUT2D eigenvalue weighted by Gasteiger charge is 2.08. The average molecular weight is 209 g/mol. The minimum atomic E-state index is -3.68. The van der Waals surface area contributed by atoms with Crippen molar-refractivity contribution in [3.05, 3.63) is 29.8 Å². The van der Waals surface area contributed by atoms with Crippen LogP contribution in [-0.4, -0.2) is 8.42 Å². The molecule has 0 aliphatic heterocycles. The van der Waals surface area contributed by atoms with E-state index in [0.29, 0.717) is 5.56 Å². The second-order valence-corrected chi connectivity index (χ2v) is 4.78. The minimum Gasteiger partial charge on any atom is -0.246 e. The highest BCUT2D eigenvalue weighted by molar-refractivity contribution is 8.13. The summed E-state index contributed by atoms with van der Waals surface area (Å²) in [6, 6.07) is 5.32. The maximum Gasteiger partial charge on any atom is 0.261 e. The maximum absolute atomic E-state index is 12.0. The predicted molar refractivity (Wildman–Crippen MR) is 44.3 cm³/mol. The van der Waals surface area contributed by atoms with E-state index in [1.54, 1.807) is 0 Å². The van der Waals surface area contributed by atoms with Crippen LogP contribution in [0.25, 0.3) is 0 Å². The fourth-order valence-corrected chi connectivity index (χ4v) is 1.51. The smallest absolute Gasteiger partial charge is 0.246 e. The van der Waals surface area contributed by atoms with Gasteiger partial charge < -0.3 is 0 Å². The van der Waals surface area contributed by atoms with Crippen LogP contribution in [0.2, 0.25) is 0 Å². The summed E-state index contributed by atoms with van der Waals surface area (Å²) in [5.41, 5.74) is 0.430. The molecule has 12 heavy (non-hydrogen) atoms. The zero-order valence-corrected chi connectivity index (χ0v) is 7.57. The number of hydrogen-bond donors (Lipinski definition) is 0. The van der Waals surface area contributed by atoms with Gasteiger partial charge >= 0.3 is 0 Å². The van der Waals surface area contributed by atoms with Gasteiger partial charge in [0.15, 0.2) is 0 Å². The summed E-state index contributed by atoms with van der Waals surface area (Å²) in [6.45, 7) is -0.609. The lowest BCUT2D eigenvalue weighted by Gasteiger charge is -1.96. The van der Waals surface area contributed by atoms with E-state index in [1.807, 2.05) is 0 Å². The molecular formula is C7H6ClFO2S. The second-order valence-electron chi connectivity index (χ2n) is 2.22. The fraction of sp³-hybridized carbons (Fsp3) is 0.143. The molecule has 0 aliphatic carbocycles. The van der Waals surface area contributed by atoms with Crippen molar-refractivity contribution in [2.24, 2.45) is 0 Å². The average Bonchev–Trinajstić information content (AvgIpc) is 2.03. The Bertz CT molecular complexity index is 357. The van der Waals surface area contributed by atoms with E-state index in [1.165, 1.54) is 24.3 Å². The number of benzene rings is 1. The maximum atomic E-state index is 12.0. The van der Waals surface area contributed by atoms with Crippen LogP contribution in [0, 0.1) is 0 Å². The van der Waals surface area contributed by atoms with E-state index in [9.17, 15) is 12.8 Å². The van der Waals surface area contributed by atoms with Crippen molar-refractivity contribution in [2.45, 2.75) is 11.6 Å². The van der Waals surface area contributed by atoms with Crippen LogP contribution in [0.4, 0.5) is 4.39 Å². The standard InChI is InChI=1S/C7H6ClFO2S/c8-12(10,11)7-3-1-6(5-9)2-4-7/h1-4H,5H2. The Balaban J connectivity index is 3.09. The Morgan fingerprint density at radius 3 is 2.08 bits per heavy atom. The Kier molecular flexibility index (Phi) is 2.69. The largest absolute Gasteiger partial charge is 0.261 e. The third-order valence-corrected chi connectivity index (χ3v) is 2.73. The SMILES string of the molecule is O=S(=O)(Cl)c1ccc(CF)cc1. The van der Waals surface area contributed by atoms with Crippen LogP contribution >= 0.6 is 10.7 Å². The molecule has 1 rings (SSSR count). The Labute approximate surface area is 74.4 Å². The Morgan fingerprint density at radius 2 is 1.75 bits per heavy atom. The summed E-state index contributed by atoms with van der Waals surface area (Å²) >= 11 is 0. The minimum absolute atomic E-state index is 0.0126. The first-order valence-corrected chi connectivity index (χ1v) is 5.44. The molecule has 0 heterocycles. The number of halogens is 2.